The summed E-state index contributed by atoms with van der Waals surface area (Å²) in [5.74, 6) is 0.764. The maximum Gasteiger partial charge on any atom is 0.148 e. The molecule has 2 N–H and O–H groups in total. The predicted molar refractivity (Wildman–Crippen MR) is 94.4 cm³/mol. The van der Waals surface area contributed by atoms with Gasteiger partial charge in [-0.1, -0.05) is 0 Å². The van der Waals surface area contributed by atoms with Gasteiger partial charge in [-0.25, -0.2) is 0 Å². The van der Waals surface area contributed by atoms with Crippen molar-refractivity contribution in [1.82, 2.24) is 9.78 Å². The first-order chi connectivity index (χ1) is 9.97. The number of aromatic nitrogens is 2. The van der Waals surface area contributed by atoms with Crippen LogP contribution in [0, 0.1) is 6.92 Å². The Balaban J connectivity index is 2.25. The first kappa shape index (κ1) is 17.0. The summed E-state index contributed by atoms with van der Waals surface area (Å²) in [4.78, 5) is 0. The zero-order chi connectivity index (χ0) is 15.6. The van der Waals surface area contributed by atoms with Crippen LogP contribution < -0.4 is 10.5 Å². The molecular formula is C14H16Br3N3O. The molecule has 1 heterocycles. The van der Waals surface area contributed by atoms with Gasteiger partial charge in [0.05, 0.1) is 24.8 Å². The molecule has 0 spiro atoms. The summed E-state index contributed by atoms with van der Waals surface area (Å²) in [6, 6.07) is 3.94. The van der Waals surface area contributed by atoms with Gasteiger partial charge in [-0.05, 0) is 79.3 Å². The third-order valence-corrected chi connectivity index (χ3v) is 5.31. The van der Waals surface area contributed by atoms with Crippen LogP contribution >= 0.6 is 47.8 Å². The van der Waals surface area contributed by atoms with Crippen LogP contribution in [0.4, 0.5) is 0 Å². The van der Waals surface area contributed by atoms with E-state index >= 15 is 0 Å². The van der Waals surface area contributed by atoms with Crippen LogP contribution in [0.1, 0.15) is 23.9 Å². The largest absolute Gasteiger partial charge is 0.485 e. The van der Waals surface area contributed by atoms with Crippen molar-refractivity contribution in [3.8, 4) is 5.75 Å². The molecule has 0 unspecified atom stereocenters. The molecule has 4 nitrogen and oxygen atoms in total. The Labute approximate surface area is 149 Å². The lowest BCUT2D eigenvalue weighted by molar-refractivity contribution is 0.288. The number of nitrogens with zero attached hydrogens (tertiary/aromatic N) is 2. The molecule has 0 aliphatic heterocycles. The molecule has 21 heavy (non-hydrogen) atoms. The normalized spacial score (nSPS) is 11.0. The van der Waals surface area contributed by atoms with Crippen molar-refractivity contribution in [2.75, 3.05) is 0 Å². The molecule has 1 aromatic carbocycles. The minimum atomic E-state index is 0.439. The lowest BCUT2D eigenvalue weighted by atomic mass is 10.2. The highest BCUT2D eigenvalue weighted by Gasteiger charge is 2.15. The Kier molecular flexibility index (Phi) is 5.88. The molecule has 0 fully saturated rings. The Bertz CT molecular complexity index is 632. The zero-order valence-electron chi connectivity index (χ0n) is 11.8. The fourth-order valence-electron chi connectivity index (χ4n) is 2.02. The molecule has 0 aliphatic carbocycles. The summed E-state index contributed by atoms with van der Waals surface area (Å²) in [7, 11) is 0. The summed E-state index contributed by atoms with van der Waals surface area (Å²) in [6.07, 6.45) is 0. The molecule has 1 aromatic heterocycles. The van der Waals surface area contributed by atoms with Crippen molar-refractivity contribution < 1.29 is 4.74 Å². The molecule has 0 atom stereocenters. The number of halogens is 3. The second-order valence-electron chi connectivity index (χ2n) is 4.54. The van der Waals surface area contributed by atoms with E-state index in [9.17, 15) is 0 Å². The molecule has 0 saturated heterocycles. The maximum atomic E-state index is 5.96. The van der Waals surface area contributed by atoms with E-state index in [2.05, 4.69) is 59.8 Å². The number of aryl methyl sites for hydroxylation is 2. The minimum Gasteiger partial charge on any atom is -0.485 e. The minimum absolute atomic E-state index is 0.439. The van der Waals surface area contributed by atoms with E-state index in [1.807, 2.05) is 23.7 Å². The van der Waals surface area contributed by atoms with E-state index < -0.39 is 0 Å². The smallest absolute Gasteiger partial charge is 0.148 e. The van der Waals surface area contributed by atoms with E-state index in [4.69, 9.17) is 10.5 Å². The molecular weight excluding hydrogens is 466 g/mol. The van der Waals surface area contributed by atoms with E-state index in [1.165, 1.54) is 0 Å². The van der Waals surface area contributed by atoms with Crippen LogP contribution in [0.25, 0.3) is 0 Å². The van der Waals surface area contributed by atoms with Gasteiger partial charge in [0.15, 0.2) is 0 Å². The summed E-state index contributed by atoms with van der Waals surface area (Å²) in [5.41, 5.74) is 8.69. The zero-order valence-corrected chi connectivity index (χ0v) is 16.5. The van der Waals surface area contributed by atoms with Crippen LogP contribution in [0.15, 0.2) is 25.6 Å². The molecule has 0 bridgehead atoms. The monoisotopic (exact) mass is 479 g/mol. The van der Waals surface area contributed by atoms with Crippen LogP contribution in [-0.4, -0.2) is 9.78 Å². The van der Waals surface area contributed by atoms with Crippen LogP contribution in [0.5, 0.6) is 5.75 Å². The van der Waals surface area contributed by atoms with Crippen LogP contribution in [-0.2, 0) is 19.7 Å². The standard InChI is InChI=1S/C14H16Br3N3O/c1-3-20-12(13(17)8(2)19-20)7-21-14-10(15)4-9(6-18)5-11(14)16/h4-5H,3,6-7,18H2,1-2H3. The average Bonchev–Trinajstić information content (AvgIpc) is 2.73. The van der Waals surface area contributed by atoms with Crippen molar-refractivity contribution in [2.45, 2.75) is 33.5 Å². The van der Waals surface area contributed by atoms with Crippen molar-refractivity contribution in [2.24, 2.45) is 5.73 Å². The summed E-state index contributed by atoms with van der Waals surface area (Å²) in [5, 5.41) is 4.46. The van der Waals surface area contributed by atoms with Crippen molar-refractivity contribution >= 4 is 47.8 Å². The second kappa shape index (κ2) is 7.26. The molecule has 114 valence electrons. The van der Waals surface area contributed by atoms with Crippen LogP contribution in [0.3, 0.4) is 0 Å². The van der Waals surface area contributed by atoms with Gasteiger partial charge in [-0.15, -0.1) is 0 Å². The van der Waals surface area contributed by atoms with E-state index in [-0.39, 0.29) is 0 Å². The fourth-order valence-corrected chi connectivity index (χ4v) is 3.92. The molecule has 2 rings (SSSR count). The van der Waals surface area contributed by atoms with Crippen LogP contribution in [0.2, 0.25) is 0 Å². The van der Waals surface area contributed by atoms with Crippen molar-refractivity contribution in [1.29, 1.82) is 0 Å². The second-order valence-corrected chi connectivity index (χ2v) is 7.04. The molecule has 2 aromatic rings. The van der Waals surface area contributed by atoms with Gasteiger partial charge in [0.2, 0.25) is 0 Å². The number of nitrogens with two attached hydrogens (primary N) is 1. The number of benzene rings is 1. The number of rotatable bonds is 5. The first-order valence-electron chi connectivity index (χ1n) is 6.50. The average molecular weight is 482 g/mol. The Morgan fingerprint density at radius 2 is 1.86 bits per heavy atom. The number of hydrogen-bond acceptors (Lipinski definition) is 3. The number of hydrogen-bond donors (Lipinski definition) is 1. The summed E-state index contributed by atoms with van der Waals surface area (Å²) < 4.78 is 10.7. The molecule has 0 saturated carbocycles. The third kappa shape index (κ3) is 3.70. The van der Waals surface area contributed by atoms with Crippen molar-refractivity contribution in [3.05, 3.63) is 42.5 Å². The maximum absolute atomic E-state index is 5.96. The lowest BCUT2D eigenvalue weighted by Gasteiger charge is -2.13. The van der Waals surface area contributed by atoms with Crippen molar-refractivity contribution in [3.63, 3.8) is 0 Å². The summed E-state index contributed by atoms with van der Waals surface area (Å²) in [6.45, 7) is 5.77. The highest BCUT2D eigenvalue weighted by atomic mass is 79.9. The SMILES string of the molecule is CCn1nc(C)c(Br)c1COc1c(Br)cc(CN)cc1Br. The molecule has 0 radical (unpaired) electrons. The quantitative estimate of drug-likeness (QED) is 0.682. The molecule has 7 heteroatoms. The highest BCUT2D eigenvalue weighted by molar-refractivity contribution is 9.11. The topological polar surface area (TPSA) is 53.1 Å². The molecule has 0 amide bonds. The van der Waals surface area contributed by atoms with Gasteiger partial charge in [-0.2, -0.15) is 5.10 Å². The van der Waals surface area contributed by atoms with Gasteiger partial charge < -0.3 is 10.5 Å². The van der Waals surface area contributed by atoms with E-state index in [0.717, 1.165) is 42.7 Å². The highest BCUT2D eigenvalue weighted by Crippen LogP contribution is 2.35. The van der Waals surface area contributed by atoms with Gasteiger partial charge >= 0.3 is 0 Å². The number of ether oxygens (including phenoxy) is 1. The lowest BCUT2D eigenvalue weighted by Crippen LogP contribution is -2.07. The van der Waals surface area contributed by atoms with E-state index in [1.54, 1.807) is 0 Å². The van der Waals surface area contributed by atoms with Gasteiger partial charge in [0.1, 0.15) is 12.4 Å². The van der Waals surface area contributed by atoms with Gasteiger partial charge in [0, 0.05) is 13.1 Å². The Hall–Kier alpha value is -0.370. The Morgan fingerprint density at radius 1 is 1.24 bits per heavy atom. The van der Waals surface area contributed by atoms with Gasteiger partial charge in [0.25, 0.3) is 0 Å². The molecule has 0 aliphatic rings. The van der Waals surface area contributed by atoms with E-state index in [0.29, 0.717) is 13.2 Å². The van der Waals surface area contributed by atoms with Gasteiger partial charge in [-0.3, -0.25) is 4.68 Å². The Morgan fingerprint density at radius 3 is 2.38 bits per heavy atom. The fraction of sp³-hybridized carbons (Fsp3) is 0.357. The third-order valence-electron chi connectivity index (χ3n) is 3.10. The summed E-state index contributed by atoms with van der Waals surface area (Å²) >= 11 is 10.6. The predicted octanol–water partition coefficient (Wildman–Crippen LogP) is 4.54. The first-order valence-corrected chi connectivity index (χ1v) is 8.88.